The van der Waals surface area contributed by atoms with Gasteiger partial charge in [0.15, 0.2) is 5.17 Å². The van der Waals surface area contributed by atoms with Crippen molar-refractivity contribution in [2.75, 3.05) is 10.7 Å². The van der Waals surface area contributed by atoms with Crippen molar-refractivity contribution in [1.29, 1.82) is 0 Å². The van der Waals surface area contributed by atoms with Gasteiger partial charge in [0, 0.05) is 6.04 Å². The van der Waals surface area contributed by atoms with Crippen molar-refractivity contribution in [1.82, 2.24) is 0 Å². The Bertz CT molecular complexity index is 414. The Morgan fingerprint density at radius 3 is 2.62 bits per heavy atom. The fourth-order valence-electron chi connectivity index (χ4n) is 1.51. The molecule has 1 aromatic rings. The molecule has 1 amide bonds. The van der Waals surface area contributed by atoms with Crippen LogP contribution in [-0.4, -0.2) is 22.9 Å². The van der Waals surface area contributed by atoms with Gasteiger partial charge in [0.25, 0.3) is 0 Å². The van der Waals surface area contributed by atoms with Crippen molar-refractivity contribution < 1.29 is 4.79 Å². The number of carbonyl (C=O) groups is 1. The largest absolute Gasteiger partial charge is 0.273 e. The number of nitrogens with zero attached hydrogens (tertiary/aromatic N) is 2. The smallest absolute Gasteiger partial charge is 0.243 e. The highest BCUT2D eigenvalue weighted by molar-refractivity contribution is 8.15. The number of amidine groups is 1. The molecule has 16 heavy (non-hydrogen) atoms. The number of para-hydroxylation sites is 1. The third kappa shape index (κ3) is 2.27. The van der Waals surface area contributed by atoms with Crippen LogP contribution in [0, 0.1) is 0 Å². The summed E-state index contributed by atoms with van der Waals surface area (Å²) in [5.41, 5.74) is 0.900. The predicted octanol–water partition coefficient (Wildman–Crippen LogP) is 2.53. The summed E-state index contributed by atoms with van der Waals surface area (Å²) in [7, 11) is 0. The molecule has 0 N–H and O–H groups in total. The number of thioether (sulfide) groups is 1. The molecule has 1 saturated heterocycles. The van der Waals surface area contributed by atoms with Gasteiger partial charge in [-0.25, -0.2) is 0 Å². The van der Waals surface area contributed by atoms with Gasteiger partial charge in [0.05, 0.1) is 11.4 Å². The number of carbonyl (C=O) groups excluding carboxylic acids is 1. The molecule has 0 aliphatic carbocycles. The second-order valence-electron chi connectivity index (χ2n) is 3.86. The summed E-state index contributed by atoms with van der Waals surface area (Å²) in [6, 6.07) is 9.87. The number of anilines is 1. The Kier molecular flexibility index (Phi) is 3.29. The van der Waals surface area contributed by atoms with Crippen LogP contribution >= 0.6 is 11.8 Å². The fourth-order valence-corrected chi connectivity index (χ4v) is 2.51. The molecule has 1 aliphatic rings. The summed E-state index contributed by atoms with van der Waals surface area (Å²) >= 11 is 1.51. The first-order chi connectivity index (χ1) is 7.68. The molecule has 3 nitrogen and oxygen atoms in total. The minimum absolute atomic E-state index is 0.107. The van der Waals surface area contributed by atoms with Gasteiger partial charge >= 0.3 is 0 Å². The number of hydrogen-bond donors (Lipinski definition) is 0. The van der Waals surface area contributed by atoms with E-state index in [0.717, 1.165) is 10.9 Å². The summed E-state index contributed by atoms with van der Waals surface area (Å²) in [5, 5.41) is 0.811. The lowest BCUT2D eigenvalue weighted by Crippen LogP contribution is -2.29. The number of benzene rings is 1. The Labute approximate surface area is 99.6 Å². The lowest BCUT2D eigenvalue weighted by molar-refractivity contribution is -0.115. The maximum atomic E-state index is 11.8. The van der Waals surface area contributed by atoms with Crippen molar-refractivity contribution in [3.8, 4) is 0 Å². The van der Waals surface area contributed by atoms with E-state index >= 15 is 0 Å². The van der Waals surface area contributed by atoms with Crippen LogP contribution in [0.25, 0.3) is 0 Å². The summed E-state index contributed by atoms with van der Waals surface area (Å²) < 4.78 is 0. The van der Waals surface area contributed by atoms with E-state index in [-0.39, 0.29) is 11.9 Å². The van der Waals surface area contributed by atoms with E-state index in [0.29, 0.717) is 5.75 Å². The minimum Gasteiger partial charge on any atom is -0.273 e. The van der Waals surface area contributed by atoms with E-state index < -0.39 is 0 Å². The molecule has 1 heterocycles. The van der Waals surface area contributed by atoms with Crippen molar-refractivity contribution in [3.63, 3.8) is 0 Å². The maximum Gasteiger partial charge on any atom is 0.243 e. The highest BCUT2D eigenvalue weighted by Crippen LogP contribution is 2.26. The average molecular weight is 234 g/mol. The van der Waals surface area contributed by atoms with Crippen molar-refractivity contribution in [2.45, 2.75) is 19.9 Å². The van der Waals surface area contributed by atoms with Crippen LogP contribution in [-0.2, 0) is 4.79 Å². The molecular weight excluding hydrogens is 220 g/mol. The maximum absolute atomic E-state index is 11.8. The molecule has 0 aromatic heterocycles. The van der Waals surface area contributed by atoms with E-state index in [1.807, 2.05) is 44.2 Å². The fraction of sp³-hybridized carbons (Fsp3) is 0.333. The Morgan fingerprint density at radius 2 is 2.00 bits per heavy atom. The quantitative estimate of drug-likeness (QED) is 0.787. The molecule has 0 atom stereocenters. The number of amides is 1. The number of hydrogen-bond acceptors (Lipinski definition) is 3. The summed E-state index contributed by atoms with van der Waals surface area (Å²) in [6.07, 6.45) is 0. The van der Waals surface area contributed by atoms with Crippen molar-refractivity contribution in [2.24, 2.45) is 4.99 Å². The number of rotatable bonds is 2. The normalized spacial score (nSPS) is 18.8. The van der Waals surface area contributed by atoms with Crippen LogP contribution in [0.5, 0.6) is 0 Å². The predicted molar refractivity (Wildman–Crippen MR) is 69.0 cm³/mol. The highest BCUT2D eigenvalue weighted by atomic mass is 32.2. The zero-order chi connectivity index (χ0) is 11.5. The van der Waals surface area contributed by atoms with Gasteiger partial charge in [0.1, 0.15) is 0 Å². The van der Waals surface area contributed by atoms with Crippen LogP contribution in [0.4, 0.5) is 5.69 Å². The van der Waals surface area contributed by atoms with E-state index in [9.17, 15) is 4.79 Å². The van der Waals surface area contributed by atoms with Crippen LogP contribution < -0.4 is 4.90 Å². The molecule has 4 heteroatoms. The van der Waals surface area contributed by atoms with Crippen molar-refractivity contribution >= 4 is 28.5 Å². The third-order valence-corrected chi connectivity index (χ3v) is 3.09. The standard InChI is InChI=1S/C12H14N2OS/c1-9(2)13-12-14(11(15)8-16-12)10-6-4-3-5-7-10/h3-7,9H,8H2,1-2H3/b13-12-. The lowest BCUT2D eigenvalue weighted by atomic mass is 10.3. The van der Waals surface area contributed by atoms with E-state index in [1.54, 1.807) is 4.90 Å². The number of aliphatic imine (C=N–C) groups is 1. The van der Waals surface area contributed by atoms with Crippen LogP contribution in [0.15, 0.2) is 35.3 Å². The molecule has 0 spiro atoms. The van der Waals surface area contributed by atoms with E-state index in [2.05, 4.69) is 4.99 Å². The summed E-state index contributed by atoms with van der Waals surface area (Å²) in [4.78, 5) is 18.0. The third-order valence-electron chi connectivity index (χ3n) is 2.15. The van der Waals surface area contributed by atoms with Crippen LogP contribution in [0.2, 0.25) is 0 Å². The summed E-state index contributed by atoms with van der Waals surface area (Å²) in [5.74, 6) is 0.594. The van der Waals surface area contributed by atoms with Gasteiger partial charge in [-0.15, -0.1) is 0 Å². The minimum atomic E-state index is 0.107. The molecule has 0 saturated carbocycles. The average Bonchev–Trinajstić information content (AvgIpc) is 2.60. The Balaban J connectivity index is 2.34. The summed E-state index contributed by atoms with van der Waals surface area (Å²) in [6.45, 7) is 4.03. The van der Waals surface area contributed by atoms with Crippen LogP contribution in [0.1, 0.15) is 13.8 Å². The Morgan fingerprint density at radius 1 is 1.31 bits per heavy atom. The first kappa shape index (κ1) is 11.2. The molecule has 0 unspecified atom stereocenters. The topological polar surface area (TPSA) is 32.7 Å². The molecule has 1 aromatic carbocycles. The van der Waals surface area contributed by atoms with E-state index in [4.69, 9.17) is 0 Å². The molecule has 1 aliphatic heterocycles. The SMILES string of the molecule is CC(C)/N=C1\SCC(=O)N1c1ccccc1. The molecular formula is C12H14N2OS. The van der Waals surface area contributed by atoms with Gasteiger partial charge < -0.3 is 0 Å². The van der Waals surface area contributed by atoms with Gasteiger partial charge in [-0.05, 0) is 26.0 Å². The van der Waals surface area contributed by atoms with Gasteiger partial charge in [0.2, 0.25) is 5.91 Å². The molecule has 2 rings (SSSR count). The van der Waals surface area contributed by atoms with Gasteiger partial charge in [-0.3, -0.25) is 14.7 Å². The molecule has 0 bridgehead atoms. The second kappa shape index (κ2) is 4.70. The Hall–Kier alpha value is -1.29. The molecule has 84 valence electrons. The van der Waals surface area contributed by atoms with Crippen LogP contribution in [0.3, 0.4) is 0 Å². The van der Waals surface area contributed by atoms with Gasteiger partial charge in [-0.1, -0.05) is 30.0 Å². The van der Waals surface area contributed by atoms with Crippen molar-refractivity contribution in [3.05, 3.63) is 30.3 Å². The van der Waals surface area contributed by atoms with Gasteiger partial charge in [-0.2, -0.15) is 0 Å². The second-order valence-corrected chi connectivity index (χ2v) is 4.80. The first-order valence-electron chi connectivity index (χ1n) is 5.27. The first-order valence-corrected chi connectivity index (χ1v) is 6.25. The monoisotopic (exact) mass is 234 g/mol. The zero-order valence-electron chi connectivity index (χ0n) is 9.38. The molecule has 0 radical (unpaired) electrons. The highest BCUT2D eigenvalue weighted by Gasteiger charge is 2.29. The molecule has 1 fully saturated rings. The lowest BCUT2D eigenvalue weighted by Gasteiger charge is -2.16. The van der Waals surface area contributed by atoms with E-state index in [1.165, 1.54) is 11.8 Å². The zero-order valence-corrected chi connectivity index (χ0v) is 10.2.